The van der Waals surface area contributed by atoms with Crippen molar-refractivity contribution in [3.8, 4) is 0 Å². The first-order valence-electron chi connectivity index (χ1n) is 4.12. The summed E-state index contributed by atoms with van der Waals surface area (Å²) in [6.45, 7) is 0.183. The maximum Gasteiger partial charge on any atom is 0.143 e. The Kier molecular flexibility index (Phi) is 5.17. The van der Waals surface area contributed by atoms with Gasteiger partial charge in [0.15, 0.2) is 0 Å². The second kappa shape index (κ2) is 6.50. The van der Waals surface area contributed by atoms with E-state index in [1.165, 1.54) is 0 Å². The van der Waals surface area contributed by atoms with E-state index in [1.54, 1.807) is 18.6 Å². The Morgan fingerprint density at radius 1 is 1.71 bits per heavy atom. The van der Waals surface area contributed by atoms with Gasteiger partial charge in [-0.15, -0.1) is 0 Å². The lowest BCUT2D eigenvalue weighted by Gasteiger charge is -2.03. The van der Waals surface area contributed by atoms with Crippen LogP contribution in [0, 0.1) is 0 Å². The molecule has 0 saturated carbocycles. The van der Waals surface area contributed by atoms with Crippen molar-refractivity contribution in [2.24, 2.45) is 5.16 Å². The molecule has 76 valence electrons. The molecule has 0 aliphatic rings. The topological polar surface area (TPSA) is 54.7 Å². The van der Waals surface area contributed by atoms with E-state index in [0.29, 0.717) is 5.33 Å². The number of oxime groups is 1. The van der Waals surface area contributed by atoms with Crippen molar-refractivity contribution in [3.63, 3.8) is 0 Å². The molecule has 1 aromatic heterocycles. The summed E-state index contributed by atoms with van der Waals surface area (Å²) in [4.78, 5) is 8.76. The molecule has 1 atom stereocenters. The molecule has 1 N–H and O–H groups in total. The van der Waals surface area contributed by atoms with Crippen molar-refractivity contribution in [1.82, 2.24) is 4.98 Å². The zero-order valence-corrected chi connectivity index (χ0v) is 9.09. The molecule has 0 fully saturated rings. The van der Waals surface area contributed by atoms with Gasteiger partial charge in [0.2, 0.25) is 0 Å². The Morgan fingerprint density at radius 3 is 3.21 bits per heavy atom. The molecule has 5 heteroatoms. The summed E-state index contributed by atoms with van der Waals surface area (Å²) in [5.74, 6) is 0. The van der Waals surface area contributed by atoms with Crippen molar-refractivity contribution in [2.45, 2.75) is 6.10 Å². The van der Waals surface area contributed by atoms with Gasteiger partial charge in [0.05, 0.1) is 6.21 Å². The highest BCUT2D eigenvalue weighted by Gasteiger charge is 1.99. The lowest BCUT2D eigenvalue weighted by molar-refractivity contribution is 0.0539. The number of aliphatic hydroxyl groups excluding tert-OH is 1. The van der Waals surface area contributed by atoms with Crippen LogP contribution < -0.4 is 0 Å². The Bertz CT molecular complexity index is 279. The van der Waals surface area contributed by atoms with Crippen LogP contribution in [0.2, 0.25) is 0 Å². The van der Waals surface area contributed by atoms with Crippen LogP contribution in [-0.4, -0.2) is 34.3 Å². The fourth-order valence-corrected chi connectivity index (χ4v) is 0.911. The molecule has 4 nitrogen and oxygen atoms in total. The van der Waals surface area contributed by atoms with Crippen LogP contribution in [0.25, 0.3) is 0 Å². The summed E-state index contributed by atoms with van der Waals surface area (Å²) in [5, 5.41) is 13.3. The number of nitrogens with zero attached hydrogens (tertiary/aromatic N) is 2. The van der Waals surface area contributed by atoms with E-state index in [1.807, 2.05) is 12.1 Å². The Hall–Kier alpha value is -0.940. The maximum absolute atomic E-state index is 9.10. The van der Waals surface area contributed by atoms with Crippen LogP contribution in [0.15, 0.2) is 29.7 Å². The first-order chi connectivity index (χ1) is 6.83. The number of rotatable bonds is 5. The number of pyridine rings is 1. The first kappa shape index (κ1) is 11.1. The smallest absolute Gasteiger partial charge is 0.143 e. The highest BCUT2D eigenvalue weighted by Crippen LogP contribution is 1.93. The molecule has 1 unspecified atom stereocenters. The first-order valence-corrected chi connectivity index (χ1v) is 5.24. The van der Waals surface area contributed by atoms with Gasteiger partial charge in [-0.2, -0.15) is 0 Å². The second-order valence-electron chi connectivity index (χ2n) is 2.62. The summed E-state index contributed by atoms with van der Waals surface area (Å²) in [6, 6.07) is 3.68. The minimum absolute atomic E-state index is 0.183. The predicted molar refractivity (Wildman–Crippen MR) is 57.6 cm³/mol. The second-order valence-corrected chi connectivity index (χ2v) is 3.27. The summed E-state index contributed by atoms with van der Waals surface area (Å²) in [7, 11) is 0. The zero-order chi connectivity index (χ0) is 10.2. The number of halogens is 1. The molecular formula is C9H11BrN2O2. The fourth-order valence-electron chi connectivity index (χ4n) is 0.724. The standard InChI is InChI=1S/C9H11BrN2O2/c10-4-9(13)7-14-12-6-8-2-1-3-11-5-8/h1-3,5-6,9,13H,4,7H2/b12-6+. The van der Waals surface area contributed by atoms with Crippen LogP contribution in [0.3, 0.4) is 0 Å². The zero-order valence-electron chi connectivity index (χ0n) is 7.51. The van der Waals surface area contributed by atoms with Gasteiger partial charge in [-0.05, 0) is 6.07 Å². The van der Waals surface area contributed by atoms with E-state index >= 15 is 0 Å². The SMILES string of the molecule is OC(CBr)CO/N=C/c1cccnc1. The highest BCUT2D eigenvalue weighted by atomic mass is 79.9. The molecule has 1 heterocycles. The van der Waals surface area contributed by atoms with Gasteiger partial charge in [-0.1, -0.05) is 27.2 Å². The molecule has 0 saturated heterocycles. The van der Waals surface area contributed by atoms with Crippen LogP contribution in [0.1, 0.15) is 5.56 Å². The van der Waals surface area contributed by atoms with Crippen LogP contribution in [0.4, 0.5) is 0 Å². The number of aliphatic hydroxyl groups is 1. The average molecular weight is 259 g/mol. The number of aromatic nitrogens is 1. The molecular weight excluding hydrogens is 248 g/mol. The lowest BCUT2D eigenvalue weighted by atomic mass is 10.3. The molecule has 1 rings (SSSR count). The molecule has 14 heavy (non-hydrogen) atoms. The van der Waals surface area contributed by atoms with Crippen molar-refractivity contribution in [1.29, 1.82) is 0 Å². The van der Waals surface area contributed by atoms with Gasteiger partial charge in [0, 0.05) is 23.3 Å². The van der Waals surface area contributed by atoms with Gasteiger partial charge >= 0.3 is 0 Å². The number of hydrogen-bond acceptors (Lipinski definition) is 4. The molecule has 0 aliphatic carbocycles. The minimum atomic E-state index is -0.527. The highest BCUT2D eigenvalue weighted by molar-refractivity contribution is 9.09. The van der Waals surface area contributed by atoms with E-state index in [4.69, 9.17) is 9.94 Å². The molecule has 1 aromatic rings. The van der Waals surface area contributed by atoms with E-state index in [9.17, 15) is 0 Å². The maximum atomic E-state index is 9.10. The Labute approximate surface area is 90.7 Å². The van der Waals surface area contributed by atoms with Gasteiger partial charge in [0.25, 0.3) is 0 Å². The third-order valence-electron chi connectivity index (χ3n) is 1.41. The van der Waals surface area contributed by atoms with Gasteiger partial charge in [-0.3, -0.25) is 4.98 Å². The van der Waals surface area contributed by atoms with Crippen LogP contribution in [-0.2, 0) is 4.84 Å². The van der Waals surface area contributed by atoms with E-state index in [0.717, 1.165) is 5.56 Å². The number of alkyl halides is 1. The van der Waals surface area contributed by atoms with E-state index in [-0.39, 0.29) is 6.61 Å². The molecule has 0 amide bonds. The van der Waals surface area contributed by atoms with Gasteiger partial charge in [-0.25, -0.2) is 0 Å². The largest absolute Gasteiger partial charge is 0.393 e. The van der Waals surface area contributed by atoms with Crippen LogP contribution in [0.5, 0.6) is 0 Å². The summed E-state index contributed by atoms with van der Waals surface area (Å²) in [6.07, 6.45) is 4.38. The molecule has 0 bridgehead atoms. The van der Waals surface area contributed by atoms with Gasteiger partial charge < -0.3 is 9.94 Å². The van der Waals surface area contributed by atoms with Crippen molar-refractivity contribution >= 4 is 22.1 Å². The van der Waals surface area contributed by atoms with Crippen molar-refractivity contribution in [3.05, 3.63) is 30.1 Å². The van der Waals surface area contributed by atoms with Crippen molar-refractivity contribution in [2.75, 3.05) is 11.9 Å². The van der Waals surface area contributed by atoms with Crippen molar-refractivity contribution < 1.29 is 9.94 Å². The number of hydrogen-bond donors (Lipinski definition) is 1. The molecule has 0 spiro atoms. The summed E-state index contributed by atoms with van der Waals surface area (Å²) >= 11 is 3.12. The minimum Gasteiger partial charge on any atom is -0.393 e. The third-order valence-corrected chi connectivity index (χ3v) is 2.15. The molecule has 0 aromatic carbocycles. The summed E-state index contributed by atoms with van der Waals surface area (Å²) in [5.41, 5.74) is 0.862. The van der Waals surface area contributed by atoms with E-state index in [2.05, 4.69) is 26.1 Å². The van der Waals surface area contributed by atoms with E-state index < -0.39 is 6.10 Å². The quantitative estimate of drug-likeness (QED) is 0.491. The fraction of sp³-hybridized carbons (Fsp3) is 0.333. The monoisotopic (exact) mass is 258 g/mol. The average Bonchev–Trinajstić information content (AvgIpc) is 2.25. The Morgan fingerprint density at radius 2 is 2.57 bits per heavy atom. The normalized spacial score (nSPS) is 13.0. The summed E-state index contributed by atoms with van der Waals surface area (Å²) < 4.78 is 0. The van der Waals surface area contributed by atoms with Crippen LogP contribution >= 0.6 is 15.9 Å². The lowest BCUT2D eigenvalue weighted by Crippen LogP contribution is -2.14. The predicted octanol–water partition coefficient (Wildman–Crippen LogP) is 1.19. The van der Waals surface area contributed by atoms with Gasteiger partial charge in [0.1, 0.15) is 12.7 Å². The molecule has 0 aliphatic heterocycles. The Balaban J connectivity index is 2.28. The molecule has 0 radical (unpaired) electrons. The third kappa shape index (κ3) is 4.34.